The van der Waals surface area contributed by atoms with Gasteiger partial charge in [0.05, 0.1) is 11.3 Å². The molecule has 16 heavy (non-hydrogen) atoms. The maximum atomic E-state index is 11.7. The molecule has 0 atom stereocenters. The van der Waals surface area contributed by atoms with Gasteiger partial charge in [-0.3, -0.25) is 4.79 Å². The van der Waals surface area contributed by atoms with E-state index < -0.39 is 0 Å². The van der Waals surface area contributed by atoms with Crippen molar-refractivity contribution in [3.63, 3.8) is 0 Å². The number of nitrogens with one attached hydrogen (secondary N) is 1. The first-order valence-corrected chi connectivity index (χ1v) is 5.01. The van der Waals surface area contributed by atoms with Gasteiger partial charge in [0.15, 0.2) is 5.15 Å². The number of aryl methyl sites for hydroxylation is 1. The van der Waals surface area contributed by atoms with Gasteiger partial charge < -0.3 is 9.73 Å². The van der Waals surface area contributed by atoms with Crippen LogP contribution in [0.5, 0.6) is 0 Å². The van der Waals surface area contributed by atoms with Crippen LogP contribution in [-0.2, 0) is 0 Å². The third kappa shape index (κ3) is 2.23. The van der Waals surface area contributed by atoms with Crippen molar-refractivity contribution in [1.29, 1.82) is 0 Å². The van der Waals surface area contributed by atoms with Crippen molar-refractivity contribution < 1.29 is 9.21 Å². The molecule has 0 unspecified atom stereocenters. The van der Waals surface area contributed by atoms with Gasteiger partial charge in [-0.1, -0.05) is 11.6 Å². The molecule has 0 saturated carbocycles. The van der Waals surface area contributed by atoms with E-state index in [1.807, 2.05) is 0 Å². The van der Waals surface area contributed by atoms with Gasteiger partial charge >= 0.3 is 0 Å². The Hall–Kier alpha value is -1.81. The molecule has 82 valence electrons. The Morgan fingerprint density at radius 3 is 3.00 bits per heavy atom. The number of rotatable bonds is 2. The SMILES string of the molecule is Cc1cc(C(=O)Nc2cccnc2Cl)co1. The van der Waals surface area contributed by atoms with Gasteiger partial charge in [0.2, 0.25) is 0 Å². The van der Waals surface area contributed by atoms with Gasteiger partial charge in [0.25, 0.3) is 5.91 Å². The Balaban J connectivity index is 2.17. The van der Waals surface area contributed by atoms with Crippen molar-refractivity contribution >= 4 is 23.2 Å². The van der Waals surface area contributed by atoms with Gasteiger partial charge in [0.1, 0.15) is 12.0 Å². The fourth-order valence-corrected chi connectivity index (χ4v) is 1.40. The number of hydrogen-bond acceptors (Lipinski definition) is 3. The number of halogens is 1. The minimum Gasteiger partial charge on any atom is -0.469 e. The predicted octanol–water partition coefficient (Wildman–Crippen LogP) is 2.89. The molecule has 0 saturated heterocycles. The molecule has 1 amide bonds. The molecule has 1 N–H and O–H groups in total. The summed E-state index contributed by atoms with van der Waals surface area (Å²) in [6.07, 6.45) is 2.95. The molecule has 2 rings (SSSR count). The number of anilines is 1. The van der Waals surface area contributed by atoms with Crippen LogP contribution in [0.2, 0.25) is 5.15 Å². The van der Waals surface area contributed by atoms with E-state index in [0.717, 1.165) is 0 Å². The van der Waals surface area contributed by atoms with Gasteiger partial charge in [-0.15, -0.1) is 0 Å². The molecule has 0 aliphatic rings. The lowest BCUT2D eigenvalue weighted by molar-refractivity contribution is 0.102. The highest BCUT2D eigenvalue weighted by Crippen LogP contribution is 2.18. The summed E-state index contributed by atoms with van der Waals surface area (Å²) < 4.78 is 5.04. The zero-order valence-electron chi connectivity index (χ0n) is 8.53. The normalized spacial score (nSPS) is 10.1. The average molecular weight is 237 g/mol. The minimum atomic E-state index is -0.272. The van der Waals surface area contributed by atoms with Crippen LogP contribution in [0.3, 0.4) is 0 Å². The molecule has 0 aliphatic heterocycles. The maximum absolute atomic E-state index is 11.7. The van der Waals surface area contributed by atoms with Crippen molar-refractivity contribution in [2.75, 3.05) is 5.32 Å². The molecule has 2 heterocycles. The molecule has 5 heteroatoms. The Bertz CT molecular complexity index is 522. The Morgan fingerprint density at radius 1 is 1.56 bits per heavy atom. The third-order valence-electron chi connectivity index (χ3n) is 2.00. The van der Waals surface area contributed by atoms with Crippen molar-refractivity contribution in [3.8, 4) is 0 Å². The molecule has 0 radical (unpaired) electrons. The first-order valence-electron chi connectivity index (χ1n) is 4.64. The van der Waals surface area contributed by atoms with Crippen LogP contribution in [0.4, 0.5) is 5.69 Å². The van der Waals surface area contributed by atoms with Crippen molar-refractivity contribution in [3.05, 3.63) is 47.1 Å². The van der Waals surface area contributed by atoms with Crippen molar-refractivity contribution in [2.45, 2.75) is 6.92 Å². The van der Waals surface area contributed by atoms with E-state index >= 15 is 0 Å². The summed E-state index contributed by atoms with van der Waals surface area (Å²) in [6.45, 7) is 1.77. The van der Waals surface area contributed by atoms with Gasteiger partial charge in [-0.05, 0) is 25.1 Å². The number of hydrogen-bond donors (Lipinski definition) is 1. The second-order valence-electron chi connectivity index (χ2n) is 3.24. The van der Waals surface area contributed by atoms with Crippen LogP contribution in [0.1, 0.15) is 16.1 Å². The number of carbonyl (C=O) groups excluding carboxylic acids is 1. The van der Waals surface area contributed by atoms with Crippen LogP contribution in [-0.4, -0.2) is 10.9 Å². The van der Waals surface area contributed by atoms with Crippen molar-refractivity contribution in [1.82, 2.24) is 4.98 Å². The zero-order valence-corrected chi connectivity index (χ0v) is 9.28. The molecule has 0 spiro atoms. The number of amides is 1. The molecule has 0 aromatic carbocycles. The van der Waals surface area contributed by atoms with Crippen LogP contribution in [0, 0.1) is 6.92 Å². The number of nitrogens with zero attached hydrogens (tertiary/aromatic N) is 1. The molecule has 2 aromatic rings. The number of carbonyl (C=O) groups is 1. The molecule has 4 nitrogen and oxygen atoms in total. The summed E-state index contributed by atoms with van der Waals surface area (Å²) >= 11 is 5.81. The van der Waals surface area contributed by atoms with Gasteiger partial charge in [-0.2, -0.15) is 0 Å². The maximum Gasteiger partial charge on any atom is 0.259 e. The zero-order chi connectivity index (χ0) is 11.5. The highest BCUT2D eigenvalue weighted by Gasteiger charge is 2.10. The summed E-state index contributed by atoms with van der Waals surface area (Å²) in [7, 11) is 0. The van der Waals surface area contributed by atoms with Crippen LogP contribution in [0.25, 0.3) is 0 Å². The highest BCUT2D eigenvalue weighted by atomic mass is 35.5. The molecular formula is C11H9ClN2O2. The van der Waals surface area contributed by atoms with E-state index in [-0.39, 0.29) is 11.1 Å². The minimum absolute atomic E-state index is 0.260. The summed E-state index contributed by atoms with van der Waals surface area (Å²) in [5.41, 5.74) is 0.936. The van der Waals surface area contributed by atoms with Crippen LogP contribution < -0.4 is 5.32 Å². The first kappa shape index (κ1) is 10.7. The van der Waals surface area contributed by atoms with E-state index in [9.17, 15) is 4.79 Å². The first-order chi connectivity index (χ1) is 7.66. The second-order valence-corrected chi connectivity index (χ2v) is 3.60. The summed E-state index contributed by atoms with van der Waals surface area (Å²) in [5.74, 6) is 0.411. The van der Waals surface area contributed by atoms with E-state index in [0.29, 0.717) is 17.0 Å². The smallest absolute Gasteiger partial charge is 0.259 e. The molecule has 0 bridgehead atoms. The molecule has 0 aliphatic carbocycles. The van der Waals surface area contributed by atoms with E-state index in [2.05, 4.69) is 10.3 Å². The number of pyridine rings is 1. The standard InChI is InChI=1S/C11H9ClN2O2/c1-7-5-8(6-16-7)11(15)14-9-3-2-4-13-10(9)12/h2-6H,1H3,(H,14,15). The fourth-order valence-electron chi connectivity index (χ4n) is 1.24. The monoisotopic (exact) mass is 236 g/mol. The summed E-state index contributed by atoms with van der Waals surface area (Å²) in [4.78, 5) is 15.6. The van der Waals surface area contributed by atoms with Crippen LogP contribution in [0.15, 0.2) is 35.1 Å². The lowest BCUT2D eigenvalue weighted by atomic mass is 10.3. The lowest BCUT2D eigenvalue weighted by Crippen LogP contribution is -2.11. The van der Waals surface area contributed by atoms with Gasteiger partial charge in [-0.25, -0.2) is 4.98 Å². The number of furan rings is 1. The van der Waals surface area contributed by atoms with Crippen molar-refractivity contribution in [2.24, 2.45) is 0 Å². The quantitative estimate of drug-likeness (QED) is 0.816. The summed E-state index contributed by atoms with van der Waals surface area (Å²) in [5, 5.41) is 2.91. The van der Waals surface area contributed by atoms with E-state index in [1.165, 1.54) is 6.26 Å². The highest BCUT2D eigenvalue weighted by molar-refractivity contribution is 6.32. The lowest BCUT2D eigenvalue weighted by Gasteiger charge is -2.03. The Labute approximate surface area is 97.2 Å². The molecular weight excluding hydrogens is 228 g/mol. The molecule has 2 aromatic heterocycles. The number of aromatic nitrogens is 1. The summed E-state index contributed by atoms with van der Waals surface area (Å²) in [6, 6.07) is 5.03. The van der Waals surface area contributed by atoms with E-state index in [1.54, 1.807) is 31.3 Å². The topological polar surface area (TPSA) is 55.1 Å². The van der Waals surface area contributed by atoms with Gasteiger partial charge in [0, 0.05) is 6.20 Å². The fraction of sp³-hybridized carbons (Fsp3) is 0.0909. The Kier molecular flexibility index (Phi) is 2.92. The third-order valence-corrected chi connectivity index (χ3v) is 2.30. The Morgan fingerprint density at radius 2 is 2.38 bits per heavy atom. The predicted molar refractivity (Wildman–Crippen MR) is 60.6 cm³/mol. The molecule has 0 fully saturated rings. The second kappa shape index (κ2) is 4.37. The van der Waals surface area contributed by atoms with E-state index in [4.69, 9.17) is 16.0 Å². The van der Waals surface area contributed by atoms with Crippen LogP contribution >= 0.6 is 11.6 Å². The largest absolute Gasteiger partial charge is 0.469 e. The average Bonchev–Trinajstić information content (AvgIpc) is 2.68.